The van der Waals surface area contributed by atoms with E-state index in [0.29, 0.717) is 0 Å². The smallest absolute Gasteiger partial charge is 0.264 e. The molecule has 0 atom stereocenters. The van der Waals surface area contributed by atoms with Crippen LogP contribution in [0.2, 0.25) is 0 Å². The van der Waals surface area contributed by atoms with E-state index in [1.807, 2.05) is 11.3 Å². The van der Waals surface area contributed by atoms with E-state index in [4.69, 9.17) is 0 Å². The van der Waals surface area contributed by atoms with Crippen LogP contribution in [0.25, 0.3) is 43.5 Å². The maximum atomic E-state index is 2.65. The molecule has 3 heterocycles. The van der Waals surface area contributed by atoms with Crippen molar-refractivity contribution in [3.63, 3.8) is 0 Å². The number of benzene rings is 9. The van der Waals surface area contributed by atoms with Crippen molar-refractivity contribution in [1.29, 1.82) is 0 Å². The molecule has 76 heavy (non-hydrogen) atoms. The van der Waals surface area contributed by atoms with Crippen LogP contribution in [-0.2, 0) is 21.7 Å². The molecule has 2 nitrogen and oxygen atoms in total. The first kappa shape index (κ1) is 47.1. The Bertz CT molecular complexity index is 4030. The Balaban J connectivity index is 1.09. The van der Waals surface area contributed by atoms with Gasteiger partial charge in [0.15, 0.2) is 0 Å². The number of nitrogens with zero attached hydrogens (tertiary/aromatic N) is 2. The van der Waals surface area contributed by atoms with Crippen LogP contribution in [0.15, 0.2) is 176 Å². The van der Waals surface area contributed by atoms with Crippen molar-refractivity contribution in [3.8, 4) is 33.4 Å². The molecule has 1 aromatic heterocycles. The van der Waals surface area contributed by atoms with E-state index in [-0.39, 0.29) is 23.0 Å². The Labute approximate surface area is 454 Å². The molecule has 14 rings (SSSR count). The van der Waals surface area contributed by atoms with Gasteiger partial charge in [-0.05, 0) is 192 Å². The van der Waals surface area contributed by atoms with Crippen molar-refractivity contribution < 1.29 is 0 Å². The highest BCUT2D eigenvalue weighted by Gasteiger charge is 2.53. The zero-order valence-electron chi connectivity index (χ0n) is 46.1. The molecule has 1 spiro atoms. The summed E-state index contributed by atoms with van der Waals surface area (Å²) in [4.78, 5) is 5.25. The molecule has 2 aliphatic carbocycles. The third-order valence-corrected chi connectivity index (χ3v) is 18.8. The number of rotatable bonds is 3. The number of hydrogen-bond acceptors (Lipinski definition) is 3. The largest absolute Gasteiger partial charge is 0.311 e. The summed E-state index contributed by atoms with van der Waals surface area (Å²) in [5.41, 5.74) is 31.0. The van der Waals surface area contributed by atoms with Crippen molar-refractivity contribution in [2.24, 2.45) is 0 Å². The topological polar surface area (TPSA) is 6.48 Å². The fourth-order valence-corrected chi connectivity index (χ4v) is 15.2. The van der Waals surface area contributed by atoms with Crippen molar-refractivity contribution in [2.45, 2.75) is 105 Å². The van der Waals surface area contributed by atoms with E-state index in [1.54, 1.807) is 0 Å². The molecule has 0 bridgehead atoms. The number of anilines is 6. The highest BCUT2D eigenvalue weighted by molar-refractivity contribution is 7.33. The fourth-order valence-electron chi connectivity index (χ4n) is 13.9. The lowest BCUT2D eigenvalue weighted by Crippen LogP contribution is -2.60. The minimum atomic E-state index is -0.460. The van der Waals surface area contributed by atoms with Gasteiger partial charge in [0, 0.05) is 43.3 Å². The van der Waals surface area contributed by atoms with Gasteiger partial charge < -0.3 is 9.80 Å². The summed E-state index contributed by atoms with van der Waals surface area (Å²) in [5, 5.41) is 1.31. The van der Waals surface area contributed by atoms with Crippen LogP contribution in [0.5, 0.6) is 0 Å². The van der Waals surface area contributed by atoms with Gasteiger partial charge in [-0.25, -0.2) is 0 Å². The molecule has 4 aliphatic rings. The molecular formula is C72H65BN2S. The standard InChI is InChI=1S/C72H65BN2S/c1-42-36-62-66-63(37-42)75(50-32-27-47(28-33-50)70(7,8)9)67-55-40-54-53-34-29-48(71(10,11)12)39-58(53)72(56-22-15-13-20-51(56)52-21-14-16-23-57(52)72)59(54)41-64(55)76-68(67)73(66)60-35-24-45(65-43(2)18-17-19-44(65)3)38-61(60)74(62)49-30-25-46(26-31-49)69(4,5)6/h13-41H,1-12H3. The van der Waals surface area contributed by atoms with Gasteiger partial charge >= 0.3 is 0 Å². The molecule has 0 saturated carbocycles. The summed E-state index contributed by atoms with van der Waals surface area (Å²) in [6, 6.07) is 69.1. The summed E-state index contributed by atoms with van der Waals surface area (Å²) in [6.07, 6.45) is 0. The Morgan fingerprint density at radius 1 is 0.434 bits per heavy atom. The summed E-state index contributed by atoms with van der Waals surface area (Å²) in [5.74, 6) is 0. The molecule has 0 saturated heterocycles. The number of aryl methyl sites for hydroxylation is 3. The van der Waals surface area contributed by atoms with Crippen molar-refractivity contribution >= 4 is 78.0 Å². The van der Waals surface area contributed by atoms with Gasteiger partial charge in [-0.2, -0.15) is 0 Å². The Morgan fingerprint density at radius 2 is 0.961 bits per heavy atom. The Kier molecular flexibility index (Phi) is 9.96. The molecule has 0 amide bonds. The first-order valence-corrected chi connectivity index (χ1v) is 28.3. The highest BCUT2D eigenvalue weighted by Crippen LogP contribution is 2.64. The Morgan fingerprint density at radius 3 is 1.55 bits per heavy atom. The van der Waals surface area contributed by atoms with Gasteiger partial charge in [-0.3, -0.25) is 0 Å². The predicted molar refractivity (Wildman–Crippen MR) is 328 cm³/mol. The number of thiophene rings is 1. The van der Waals surface area contributed by atoms with E-state index < -0.39 is 5.41 Å². The van der Waals surface area contributed by atoms with Crippen molar-refractivity contribution in [3.05, 3.63) is 232 Å². The molecule has 0 radical (unpaired) electrons. The van der Waals surface area contributed by atoms with E-state index >= 15 is 0 Å². The second-order valence-electron chi connectivity index (χ2n) is 25.5. The van der Waals surface area contributed by atoms with Gasteiger partial charge in [-0.1, -0.05) is 184 Å². The zero-order chi connectivity index (χ0) is 52.5. The lowest BCUT2D eigenvalue weighted by molar-refractivity contribution is 0.588. The maximum Gasteiger partial charge on any atom is 0.264 e. The normalized spacial score (nSPS) is 14.6. The van der Waals surface area contributed by atoms with E-state index in [1.165, 1.54) is 149 Å². The monoisotopic (exact) mass is 1000 g/mol. The quantitative estimate of drug-likeness (QED) is 0.163. The fraction of sp³-hybridized carbons (Fsp3) is 0.222. The molecule has 0 fully saturated rings. The van der Waals surface area contributed by atoms with Crippen LogP contribution in [0.1, 0.15) is 118 Å². The summed E-state index contributed by atoms with van der Waals surface area (Å²) in [7, 11) is 0. The average Bonchev–Trinajstić information content (AvgIpc) is 3.43. The summed E-state index contributed by atoms with van der Waals surface area (Å²) < 4.78 is 2.72. The summed E-state index contributed by atoms with van der Waals surface area (Å²) >= 11 is 2.02. The van der Waals surface area contributed by atoms with E-state index in [2.05, 4.69) is 269 Å². The lowest BCUT2D eigenvalue weighted by Gasteiger charge is -2.43. The molecular weight excluding hydrogens is 936 g/mol. The zero-order valence-corrected chi connectivity index (χ0v) is 46.9. The van der Waals surface area contributed by atoms with Crippen LogP contribution < -0.4 is 25.5 Å². The number of fused-ring (bicyclic) bond motifs is 16. The van der Waals surface area contributed by atoms with Gasteiger partial charge in [0.2, 0.25) is 0 Å². The van der Waals surface area contributed by atoms with Crippen molar-refractivity contribution in [2.75, 3.05) is 9.80 Å². The second-order valence-corrected chi connectivity index (χ2v) is 26.6. The van der Waals surface area contributed by atoms with Gasteiger partial charge in [0.1, 0.15) is 0 Å². The maximum absolute atomic E-state index is 2.65. The number of hydrogen-bond donors (Lipinski definition) is 0. The minimum Gasteiger partial charge on any atom is -0.311 e. The van der Waals surface area contributed by atoms with E-state index in [0.717, 1.165) is 0 Å². The van der Waals surface area contributed by atoms with Crippen molar-refractivity contribution in [1.82, 2.24) is 0 Å². The molecule has 9 aromatic carbocycles. The SMILES string of the molecule is Cc1cc2c3c(c1)N(c1ccc(C(C)(C)C)cc1)c1c(sc4cc5c(cc14)-c1ccc(C(C)(C)C)cc1C51c4ccccc4-c4ccccc41)B3c1ccc(-c3c(C)cccc3C)cc1N2c1ccc(C(C)(C)C)cc1. The van der Waals surface area contributed by atoms with Gasteiger partial charge in [-0.15, -0.1) is 11.3 Å². The molecule has 2 aliphatic heterocycles. The first-order chi connectivity index (χ1) is 36.3. The van der Waals surface area contributed by atoms with Crippen LogP contribution in [0, 0.1) is 20.8 Å². The predicted octanol–water partition coefficient (Wildman–Crippen LogP) is 17.8. The van der Waals surface area contributed by atoms with Gasteiger partial charge in [0.25, 0.3) is 6.71 Å². The van der Waals surface area contributed by atoms with Gasteiger partial charge in [0.05, 0.1) is 11.1 Å². The third kappa shape index (κ3) is 6.59. The van der Waals surface area contributed by atoms with Crippen LogP contribution in [0.4, 0.5) is 34.1 Å². The molecule has 0 unspecified atom stereocenters. The highest BCUT2D eigenvalue weighted by atomic mass is 32.1. The molecule has 10 aromatic rings. The second kappa shape index (κ2) is 16.1. The van der Waals surface area contributed by atoms with E-state index in [9.17, 15) is 0 Å². The molecule has 0 N–H and O–H groups in total. The minimum absolute atomic E-state index is 0.00595. The van der Waals surface area contributed by atoms with Crippen LogP contribution in [-0.4, -0.2) is 6.71 Å². The van der Waals surface area contributed by atoms with Crippen LogP contribution >= 0.6 is 11.3 Å². The molecule has 4 heteroatoms. The summed E-state index contributed by atoms with van der Waals surface area (Å²) in [6.45, 7) is 27.7. The lowest BCUT2D eigenvalue weighted by atomic mass is 9.36. The third-order valence-electron chi connectivity index (χ3n) is 17.6. The Hall–Kier alpha value is -7.40. The first-order valence-electron chi connectivity index (χ1n) is 27.4. The molecule has 372 valence electrons. The van der Waals surface area contributed by atoms with Crippen LogP contribution in [0.3, 0.4) is 0 Å². The average molecular weight is 1000 g/mol.